The Labute approximate surface area is 136 Å². The molecule has 2 aromatic rings. The van der Waals surface area contributed by atoms with E-state index in [0.717, 1.165) is 6.42 Å². The standard InChI is InChI=1S/C19H19ClO2/c1-13(21)22-12-14(11-20)10-19-17-8-4-2-6-15(17)16-7-3-5-9-18(16)19/h2-9,14,19H,10-12H2,1H3/t14-/m0/s1. The van der Waals surface area contributed by atoms with E-state index in [2.05, 4.69) is 48.5 Å². The fourth-order valence-electron chi connectivity index (χ4n) is 3.26. The summed E-state index contributed by atoms with van der Waals surface area (Å²) in [6, 6.07) is 17.1. The van der Waals surface area contributed by atoms with Crippen molar-refractivity contribution in [2.24, 2.45) is 5.92 Å². The molecule has 0 unspecified atom stereocenters. The van der Waals surface area contributed by atoms with Crippen molar-refractivity contribution in [3.8, 4) is 11.1 Å². The maximum atomic E-state index is 11.0. The number of hydrogen-bond acceptors (Lipinski definition) is 2. The molecule has 0 amide bonds. The zero-order valence-corrected chi connectivity index (χ0v) is 13.3. The highest BCUT2D eigenvalue weighted by Gasteiger charge is 2.30. The van der Waals surface area contributed by atoms with Gasteiger partial charge < -0.3 is 4.74 Å². The summed E-state index contributed by atoms with van der Waals surface area (Å²) in [5.74, 6) is 0.734. The van der Waals surface area contributed by atoms with E-state index in [9.17, 15) is 4.79 Å². The summed E-state index contributed by atoms with van der Waals surface area (Å²) in [5, 5.41) is 0. The van der Waals surface area contributed by atoms with E-state index in [1.807, 2.05) is 0 Å². The molecule has 0 N–H and O–H groups in total. The highest BCUT2D eigenvalue weighted by Crippen LogP contribution is 2.47. The van der Waals surface area contributed by atoms with Gasteiger partial charge in [0.1, 0.15) is 0 Å². The first-order valence-electron chi connectivity index (χ1n) is 7.58. The smallest absolute Gasteiger partial charge is 0.302 e. The molecule has 0 saturated heterocycles. The van der Waals surface area contributed by atoms with Crippen LogP contribution in [0.25, 0.3) is 11.1 Å². The number of carbonyl (C=O) groups is 1. The van der Waals surface area contributed by atoms with E-state index in [0.29, 0.717) is 18.4 Å². The summed E-state index contributed by atoms with van der Waals surface area (Å²) in [6.45, 7) is 1.82. The molecule has 0 spiro atoms. The van der Waals surface area contributed by atoms with Gasteiger partial charge in [-0.15, -0.1) is 11.6 Å². The highest BCUT2D eigenvalue weighted by atomic mass is 35.5. The normalized spacial score (nSPS) is 14.3. The van der Waals surface area contributed by atoms with E-state index >= 15 is 0 Å². The van der Waals surface area contributed by atoms with Crippen LogP contribution in [0.1, 0.15) is 30.4 Å². The summed E-state index contributed by atoms with van der Waals surface area (Å²) in [6.07, 6.45) is 0.894. The van der Waals surface area contributed by atoms with Gasteiger partial charge >= 0.3 is 5.97 Å². The Kier molecular flexibility index (Phi) is 4.49. The summed E-state index contributed by atoms with van der Waals surface area (Å²) in [4.78, 5) is 11.0. The molecule has 0 bridgehead atoms. The lowest BCUT2D eigenvalue weighted by atomic mass is 9.88. The van der Waals surface area contributed by atoms with Crippen molar-refractivity contribution in [3.63, 3.8) is 0 Å². The van der Waals surface area contributed by atoms with E-state index in [4.69, 9.17) is 16.3 Å². The molecule has 114 valence electrons. The number of hydrogen-bond donors (Lipinski definition) is 0. The summed E-state index contributed by atoms with van der Waals surface area (Å²) < 4.78 is 5.16. The van der Waals surface area contributed by atoms with Gasteiger partial charge in [0.2, 0.25) is 0 Å². The molecule has 0 saturated carbocycles. The molecule has 0 aliphatic heterocycles. The fraction of sp³-hybridized carbons (Fsp3) is 0.316. The van der Waals surface area contributed by atoms with E-state index in [-0.39, 0.29) is 11.9 Å². The Morgan fingerprint density at radius 1 is 1.09 bits per heavy atom. The number of rotatable bonds is 5. The van der Waals surface area contributed by atoms with Crippen LogP contribution in [-0.4, -0.2) is 18.5 Å². The number of benzene rings is 2. The van der Waals surface area contributed by atoms with E-state index in [1.54, 1.807) is 0 Å². The molecule has 0 heterocycles. The second kappa shape index (κ2) is 6.53. The fourth-order valence-corrected chi connectivity index (χ4v) is 3.47. The third kappa shape index (κ3) is 2.89. The molecular weight excluding hydrogens is 296 g/mol. The maximum Gasteiger partial charge on any atom is 0.302 e. The van der Waals surface area contributed by atoms with Gasteiger partial charge in [-0.1, -0.05) is 48.5 Å². The van der Waals surface area contributed by atoms with Crippen LogP contribution in [0.5, 0.6) is 0 Å². The first-order valence-corrected chi connectivity index (χ1v) is 8.11. The van der Waals surface area contributed by atoms with Crippen LogP contribution in [0, 0.1) is 5.92 Å². The van der Waals surface area contributed by atoms with Gasteiger partial charge in [0.05, 0.1) is 6.61 Å². The predicted molar refractivity (Wildman–Crippen MR) is 89.2 cm³/mol. The molecule has 0 radical (unpaired) electrons. The molecule has 1 aliphatic carbocycles. The Hall–Kier alpha value is -1.80. The van der Waals surface area contributed by atoms with Crippen molar-refractivity contribution >= 4 is 17.6 Å². The number of ether oxygens (including phenoxy) is 1. The zero-order valence-electron chi connectivity index (χ0n) is 12.6. The number of alkyl halides is 1. The second-order valence-electron chi connectivity index (χ2n) is 5.79. The van der Waals surface area contributed by atoms with Gasteiger partial charge in [0, 0.05) is 24.6 Å². The number of fused-ring (bicyclic) bond motifs is 3. The van der Waals surface area contributed by atoms with Gasteiger partial charge in [0.15, 0.2) is 0 Å². The first kappa shape index (κ1) is 15.1. The van der Waals surface area contributed by atoms with E-state index in [1.165, 1.54) is 29.2 Å². The average molecular weight is 315 g/mol. The number of esters is 1. The van der Waals surface area contributed by atoms with Crippen molar-refractivity contribution < 1.29 is 9.53 Å². The number of carbonyl (C=O) groups excluding carboxylic acids is 1. The quantitative estimate of drug-likeness (QED) is 0.595. The summed E-state index contributed by atoms with van der Waals surface area (Å²) >= 11 is 6.09. The Morgan fingerprint density at radius 2 is 1.64 bits per heavy atom. The molecule has 2 nitrogen and oxygen atoms in total. The van der Waals surface area contributed by atoms with E-state index < -0.39 is 0 Å². The van der Waals surface area contributed by atoms with Crippen LogP contribution in [-0.2, 0) is 9.53 Å². The van der Waals surface area contributed by atoms with Crippen LogP contribution >= 0.6 is 11.6 Å². The molecule has 1 atom stereocenters. The second-order valence-corrected chi connectivity index (χ2v) is 6.09. The Balaban J connectivity index is 1.88. The van der Waals surface area contributed by atoms with Gasteiger partial charge in [-0.3, -0.25) is 4.79 Å². The lowest BCUT2D eigenvalue weighted by molar-refractivity contribution is -0.142. The lowest BCUT2D eigenvalue weighted by Crippen LogP contribution is -2.17. The number of halogens is 1. The minimum atomic E-state index is -0.248. The summed E-state index contributed by atoms with van der Waals surface area (Å²) in [5.41, 5.74) is 5.32. The van der Waals surface area contributed by atoms with Crippen LogP contribution in [0.2, 0.25) is 0 Å². The van der Waals surface area contributed by atoms with Gasteiger partial charge in [-0.05, 0) is 28.7 Å². The lowest BCUT2D eigenvalue weighted by Gasteiger charge is -2.20. The Morgan fingerprint density at radius 3 is 2.14 bits per heavy atom. The van der Waals surface area contributed by atoms with Crippen molar-refractivity contribution in [3.05, 3.63) is 59.7 Å². The monoisotopic (exact) mass is 314 g/mol. The molecule has 22 heavy (non-hydrogen) atoms. The van der Waals surface area contributed by atoms with Crippen molar-refractivity contribution in [2.75, 3.05) is 12.5 Å². The molecule has 2 aromatic carbocycles. The van der Waals surface area contributed by atoms with Crippen LogP contribution in [0.3, 0.4) is 0 Å². The van der Waals surface area contributed by atoms with Crippen molar-refractivity contribution in [2.45, 2.75) is 19.3 Å². The molecular formula is C19H19ClO2. The van der Waals surface area contributed by atoms with Crippen LogP contribution in [0.4, 0.5) is 0 Å². The largest absolute Gasteiger partial charge is 0.466 e. The Bertz CT molecular complexity index is 635. The molecule has 3 heteroatoms. The topological polar surface area (TPSA) is 26.3 Å². The summed E-state index contributed by atoms with van der Waals surface area (Å²) in [7, 11) is 0. The average Bonchev–Trinajstić information content (AvgIpc) is 2.85. The third-order valence-electron chi connectivity index (χ3n) is 4.27. The van der Waals surface area contributed by atoms with Crippen LogP contribution in [0.15, 0.2) is 48.5 Å². The van der Waals surface area contributed by atoms with Crippen molar-refractivity contribution in [1.82, 2.24) is 0 Å². The maximum absolute atomic E-state index is 11.0. The first-order chi connectivity index (χ1) is 10.7. The molecule has 0 fully saturated rings. The van der Waals surface area contributed by atoms with Crippen LogP contribution < -0.4 is 0 Å². The van der Waals surface area contributed by atoms with Crippen molar-refractivity contribution in [1.29, 1.82) is 0 Å². The minimum absolute atomic E-state index is 0.162. The minimum Gasteiger partial charge on any atom is -0.466 e. The highest BCUT2D eigenvalue weighted by molar-refractivity contribution is 6.18. The zero-order chi connectivity index (χ0) is 15.5. The van der Waals surface area contributed by atoms with Gasteiger partial charge in [0.25, 0.3) is 0 Å². The SMILES string of the molecule is CC(=O)OC[C@H](CCl)CC1c2ccccc2-c2ccccc21. The molecule has 1 aliphatic rings. The predicted octanol–water partition coefficient (Wildman–Crippen LogP) is 4.61. The molecule has 0 aromatic heterocycles. The van der Waals surface area contributed by atoms with Gasteiger partial charge in [-0.2, -0.15) is 0 Å². The third-order valence-corrected chi connectivity index (χ3v) is 4.71. The van der Waals surface area contributed by atoms with Gasteiger partial charge in [-0.25, -0.2) is 0 Å². The molecule has 3 rings (SSSR count).